The first-order chi connectivity index (χ1) is 8.43. The van der Waals surface area contributed by atoms with Crippen molar-refractivity contribution < 1.29 is 9.90 Å². The van der Waals surface area contributed by atoms with Crippen LogP contribution in [0.2, 0.25) is 0 Å². The van der Waals surface area contributed by atoms with Gasteiger partial charge >= 0.3 is 5.97 Å². The van der Waals surface area contributed by atoms with Crippen molar-refractivity contribution in [3.05, 3.63) is 29.3 Å². The van der Waals surface area contributed by atoms with Crippen LogP contribution in [0, 0.1) is 19.8 Å². The van der Waals surface area contributed by atoms with E-state index in [0.717, 1.165) is 17.7 Å². The van der Waals surface area contributed by atoms with E-state index in [1.807, 2.05) is 6.07 Å². The van der Waals surface area contributed by atoms with Crippen LogP contribution in [0.3, 0.4) is 0 Å². The molecule has 0 radical (unpaired) electrons. The molecule has 1 fully saturated rings. The van der Waals surface area contributed by atoms with E-state index in [9.17, 15) is 9.90 Å². The van der Waals surface area contributed by atoms with Crippen LogP contribution < -0.4 is 5.73 Å². The van der Waals surface area contributed by atoms with Crippen LogP contribution >= 0.6 is 11.8 Å². The molecule has 1 aliphatic carbocycles. The number of benzene rings is 1. The lowest BCUT2D eigenvalue weighted by molar-refractivity contribution is -0.143. The lowest BCUT2D eigenvalue weighted by Crippen LogP contribution is -2.52. The van der Waals surface area contributed by atoms with E-state index < -0.39 is 11.5 Å². The smallest absolute Gasteiger partial charge is 0.324 e. The minimum atomic E-state index is -1.07. The Morgan fingerprint density at radius 1 is 1.44 bits per heavy atom. The molecule has 0 heterocycles. The second kappa shape index (κ2) is 4.94. The lowest BCUT2D eigenvalue weighted by atomic mass is 9.98. The topological polar surface area (TPSA) is 63.3 Å². The highest BCUT2D eigenvalue weighted by atomic mass is 32.2. The van der Waals surface area contributed by atoms with E-state index in [0.29, 0.717) is 5.75 Å². The van der Waals surface area contributed by atoms with Gasteiger partial charge in [-0.05, 0) is 55.9 Å². The molecule has 3 N–H and O–H groups in total. The van der Waals surface area contributed by atoms with Crippen LogP contribution in [0.4, 0.5) is 0 Å². The summed E-state index contributed by atoms with van der Waals surface area (Å²) in [5.41, 5.74) is 7.45. The summed E-state index contributed by atoms with van der Waals surface area (Å²) < 4.78 is 0. The van der Waals surface area contributed by atoms with Gasteiger partial charge in [0.2, 0.25) is 0 Å². The van der Waals surface area contributed by atoms with Crippen LogP contribution in [0.1, 0.15) is 24.0 Å². The van der Waals surface area contributed by atoms with Gasteiger partial charge in [-0.1, -0.05) is 6.07 Å². The third kappa shape index (κ3) is 2.70. The van der Waals surface area contributed by atoms with E-state index in [1.54, 1.807) is 11.8 Å². The van der Waals surface area contributed by atoms with Crippen LogP contribution in [-0.4, -0.2) is 22.4 Å². The molecule has 2 rings (SSSR count). The fourth-order valence-corrected chi connectivity index (χ4v) is 3.15. The second-order valence-electron chi connectivity index (χ2n) is 5.15. The van der Waals surface area contributed by atoms with Gasteiger partial charge < -0.3 is 10.8 Å². The lowest BCUT2D eigenvalue weighted by Gasteiger charge is -2.24. The Labute approximate surface area is 112 Å². The normalized spacial score (nSPS) is 18.4. The second-order valence-corrected chi connectivity index (χ2v) is 6.20. The molecule has 0 bridgehead atoms. The summed E-state index contributed by atoms with van der Waals surface area (Å²) in [7, 11) is 0. The first-order valence-corrected chi connectivity index (χ1v) is 7.14. The first-order valence-electron chi connectivity index (χ1n) is 6.16. The van der Waals surface area contributed by atoms with E-state index in [4.69, 9.17) is 5.73 Å². The summed E-state index contributed by atoms with van der Waals surface area (Å²) in [6.45, 7) is 4.13. The minimum Gasteiger partial charge on any atom is -0.480 e. The summed E-state index contributed by atoms with van der Waals surface area (Å²) in [6.07, 6.45) is 1.88. The van der Waals surface area contributed by atoms with Crippen LogP contribution in [0.25, 0.3) is 0 Å². The average molecular weight is 265 g/mol. The molecule has 1 atom stereocenters. The highest BCUT2D eigenvalue weighted by Crippen LogP contribution is 2.41. The molecule has 0 spiro atoms. The largest absolute Gasteiger partial charge is 0.480 e. The Hall–Kier alpha value is -1.00. The van der Waals surface area contributed by atoms with Crippen molar-refractivity contribution in [1.82, 2.24) is 0 Å². The van der Waals surface area contributed by atoms with Crippen molar-refractivity contribution >= 4 is 17.7 Å². The van der Waals surface area contributed by atoms with Crippen molar-refractivity contribution in [3.8, 4) is 0 Å². The van der Waals surface area contributed by atoms with Gasteiger partial charge in [0.1, 0.15) is 5.54 Å². The van der Waals surface area contributed by atoms with Gasteiger partial charge in [0.25, 0.3) is 0 Å². The van der Waals surface area contributed by atoms with Crippen LogP contribution in [-0.2, 0) is 4.79 Å². The van der Waals surface area contributed by atoms with Gasteiger partial charge in [0, 0.05) is 10.6 Å². The molecule has 3 nitrogen and oxygen atoms in total. The van der Waals surface area contributed by atoms with Gasteiger partial charge in [0.15, 0.2) is 0 Å². The standard InChI is InChI=1S/C14H19NO2S/c1-9-3-6-12(7-10(9)2)18-8-14(15,13(16)17)11-4-5-11/h3,6-7,11H,4-5,8,15H2,1-2H3,(H,16,17). The molecule has 0 aliphatic heterocycles. The van der Waals surface area contributed by atoms with E-state index in [1.165, 1.54) is 11.1 Å². The number of nitrogens with two attached hydrogens (primary N) is 1. The zero-order valence-corrected chi connectivity index (χ0v) is 11.6. The van der Waals surface area contributed by atoms with Crippen molar-refractivity contribution in [2.45, 2.75) is 37.1 Å². The molecule has 1 aromatic rings. The Morgan fingerprint density at radius 3 is 2.61 bits per heavy atom. The molecule has 1 unspecified atom stereocenters. The van der Waals surface area contributed by atoms with E-state index in [2.05, 4.69) is 26.0 Å². The van der Waals surface area contributed by atoms with Gasteiger partial charge in [0.05, 0.1) is 0 Å². The number of hydrogen-bond acceptors (Lipinski definition) is 3. The predicted molar refractivity (Wildman–Crippen MR) is 73.9 cm³/mol. The number of hydrogen-bond donors (Lipinski definition) is 2. The molecular formula is C14H19NO2S. The monoisotopic (exact) mass is 265 g/mol. The summed E-state index contributed by atoms with van der Waals surface area (Å²) in [5.74, 6) is -0.287. The predicted octanol–water partition coefficient (Wildman–Crippen LogP) is 2.59. The maximum absolute atomic E-state index is 11.3. The number of carboxylic acid groups (broad SMARTS) is 1. The summed E-state index contributed by atoms with van der Waals surface area (Å²) in [5, 5.41) is 9.28. The molecule has 1 aromatic carbocycles. The van der Waals surface area contributed by atoms with Crippen LogP contribution in [0.15, 0.2) is 23.1 Å². The van der Waals surface area contributed by atoms with E-state index in [-0.39, 0.29) is 5.92 Å². The Kier molecular flexibility index (Phi) is 3.69. The molecule has 0 aromatic heterocycles. The number of rotatable bonds is 5. The number of aliphatic carboxylic acids is 1. The zero-order valence-electron chi connectivity index (χ0n) is 10.8. The summed E-state index contributed by atoms with van der Waals surface area (Å²) >= 11 is 1.54. The van der Waals surface area contributed by atoms with Crippen molar-refractivity contribution in [3.63, 3.8) is 0 Å². The maximum atomic E-state index is 11.3. The molecule has 1 aliphatic rings. The summed E-state index contributed by atoms with van der Waals surface area (Å²) in [6, 6.07) is 6.19. The number of carboxylic acids is 1. The summed E-state index contributed by atoms with van der Waals surface area (Å²) in [4.78, 5) is 12.4. The highest BCUT2D eigenvalue weighted by molar-refractivity contribution is 7.99. The van der Waals surface area contributed by atoms with Crippen molar-refractivity contribution in [1.29, 1.82) is 0 Å². The molecule has 1 saturated carbocycles. The van der Waals surface area contributed by atoms with Gasteiger partial charge in [-0.15, -0.1) is 11.8 Å². The van der Waals surface area contributed by atoms with Gasteiger partial charge in [-0.25, -0.2) is 0 Å². The number of aryl methyl sites for hydroxylation is 2. The number of carbonyl (C=O) groups is 1. The Morgan fingerprint density at radius 2 is 2.11 bits per heavy atom. The third-order valence-electron chi connectivity index (χ3n) is 3.66. The van der Waals surface area contributed by atoms with Crippen molar-refractivity contribution in [2.75, 3.05) is 5.75 Å². The minimum absolute atomic E-state index is 0.147. The fourth-order valence-electron chi connectivity index (χ4n) is 1.96. The van der Waals surface area contributed by atoms with Gasteiger partial charge in [-0.2, -0.15) is 0 Å². The van der Waals surface area contributed by atoms with Gasteiger partial charge in [-0.3, -0.25) is 4.79 Å². The maximum Gasteiger partial charge on any atom is 0.324 e. The average Bonchev–Trinajstić information content (AvgIpc) is 3.14. The zero-order chi connectivity index (χ0) is 13.3. The molecule has 18 heavy (non-hydrogen) atoms. The molecule has 0 amide bonds. The first kappa shape index (κ1) is 13.4. The Balaban J connectivity index is 2.05. The molecular weight excluding hydrogens is 246 g/mol. The van der Waals surface area contributed by atoms with Crippen LogP contribution in [0.5, 0.6) is 0 Å². The fraction of sp³-hybridized carbons (Fsp3) is 0.500. The van der Waals surface area contributed by atoms with E-state index >= 15 is 0 Å². The third-order valence-corrected chi connectivity index (χ3v) is 4.87. The molecule has 0 saturated heterocycles. The molecule has 98 valence electrons. The van der Waals surface area contributed by atoms with Crippen molar-refractivity contribution in [2.24, 2.45) is 11.7 Å². The molecule has 4 heteroatoms. The highest BCUT2D eigenvalue weighted by Gasteiger charge is 2.48. The SMILES string of the molecule is Cc1ccc(SCC(N)(C(=O)O)C2CC2)cc1C. The Bertz CT molecular complexity index is 471. The quantitative estimate of drug-likeness (QED) is 0.803. The number of thioether (sulfide) groups is 1.